The van der Waals surface area contributed by atoms with Crippen molar-refractivity contribution in [3.63, 3.8) is 0 Å². The fraction of sp³-hybridized carbons (Fsp3) is 0.625. The predicted molar refractivity (Wildman–Crippen MR) is 94.1 cm³/mol. The maximum atomic E-state index is 6.13. The Bertz CT molecular complexity index is 382. The van der Waals surface area contributed by atoms with Crippen LogP contribution in [0.5, 0.6) is 5.75 Å². The third kappa shape index (κ3) is 7.37. The summed E-state index contributed by atoms with van der Waals surface area (Å²) >= 11 is 0. The van der Waals surface area contributed by atoms with Crippen LogP contribution in [0.2, 0.25) is 0 Å². The average Bonchev–Trinajstić information content (AvgIpc) is 2.89. The van der Waals surface area contributed by atoms with Crippen LogP contribution >= 0.6 is 24.8 Å². The number of halogens is 2. The van der Waals surface area contributed by atoms with E-state index >= 15 is 0 Å². The van der Waals surface area contributed by atoms with Crippen LogP contribution in [0.1, 0.15) is 31.2 Å². The highest BCUT2D eigenvalue weighted by atomic mass is 35.5. The quantitative estimate of drug-likeness (QED) is 0.772. The van der Waals surface area contributed by atoms with E-state index in [9.17, 15) is 0 Å². The van der Waals surface area contributed by atoms with Gasteiger partial charge < -0.3 is 15.0 Å². The molecule has 5 heteroatoms. The SMILES string of the molecule is CN(C)CCNCc1ccccc1OC1CCCC1.Cl.Cl. The summed E-state index contributed by atoms with van der Waals surface area (Å²) in [5, 5.41) is 3.48. The van der Waals surface area contributed by atoms with Crippen LogP contribution in [0.25, 0.3) is 0 Å². The van der Waals surface area contributed by atoms with Crippen LogP contribution in [-0.4, -0.2) is 38.2 Å². The zero-order valence-corrected chi connectivity index (χ0v) is 14.6. The highest BCUT2D eigenvalue weighted by molar-refractivity contribution is 5.85. The van der Waals surface area contributed by atoms with E-state index in [1.807, 2.05) is 0 Å². The molecule has 3 nitrogen and oxygen atoms in total. The molecule has 0 amide bonds. The number of hydrogen-bond acceptors (Lipinski definition) is 3. The lowest BCUT2D eigenvalue weighted by Crippen LogP contribution is -2.26. The second-order valence-corrected chi connectivity index (χ2v) is 5.61. The molecule has 0 unspecified atom stereocenters. The van der Waals surface area contributed by atoms with Crippen molar-refractivity contribution in [3.8, 4) is 5.75 Å². The minimum atomic E-state index is 0. The van der Waals surface area contributed by atoms with E-state index in [4.69, 9.17) is 4.74 Å². The van der Waals surface area contributed by atoms with Crippen LogP contribution in [-0.2, 0) is 6.54 Å². The Balaban J connectivity index is 0.00000200. The highest BCUT2D eigenvalue weighted by Gasteiger charge is 2.17. The Morgan fingerprint density at radius 2 is 1.81 bits per heavy atom. The second kappa shape index (κ2) is 11.1. The van der Waals surface area contributed by atoms with Crippen LogP contribution in [0.4, 0.5) is 0 Å². The molecule has 0 bridgehead atoms. The zero-order chi connectivity index (χ0) is 13.5. The Morgan fingerprint density at radius 3 is 2.48 bits per heavy atom. The predicted octanol–water partition coefficient (Wildman–Crippen LogP) is 3.50. The number of hydrogen-bond donors (Lipinski definition) is 1. The lowest BCUT2D eigenvalue weighted by Gasteiger charge is -2.17. The van der Waals surface area contributed by atoms with E-state index in [1.165, 1.54) is 31.2 Å². The largest absolute Gasteiger partial charge is 0.490 e. The van der Waals surface area contributed by atoms with Crippen molar-refractivity contribution in [2.75, 3.05) is 27.2 Å². The number of nitrogens with one attached hydrogen (secondary N) is 1. The molecule has 0 aliphatic heterocycles. The van der Waals surface area contributed by atoms with Gasteiger partial charge in [0.05, 0.1) is 6.10 Å². The van der Waals surface area contributed by atoms with Gasteiger partial charge in [-0.25, -0.2) is 0 Å². The Labute approximate surface area is 141 Å². The summed E-state index contributed by atoms with van der Waals surface area (Å²) in [6.07, 6.45) is 5.48. The summed E-state index contributed by atoms with van der Waals surface area (Å²) in [5.74, 6) is 1.06. The minimum Gasteiger partial charge on any atom is -0.490 e. The molecule has 1 aromatic rings. The number of benzene rings is 1. The monoisotopic (exact) mass is 334 g/mol. The first kappa shape index (κ1) is 20.5. The van der Waals surface area contributed by atoms with Gasteiger partial charge in [-0.1, -0.05) is 18.2 Å². The lowest BCUT2D eigenvalue weighted by atomic mass is 10.2. The number of likely N-dealkylation sites (N-methyl/N-ethyl adjacent to an activating group) is 1. The van der Waals surface area contributed by atoms with Gasteiger partial charge in [-0.15, -0.1) is 24.8 Å². The third-order valence-corrected chi connectivity index (χ3v) is 3.62. The molecule has 1 N–H and O–H groups in total. The molecule has 0 saturated heterocycles. The van der Waals surface area contributed by atoms with Gasteiger partial charge in [0.1, 0.15) is 5.75 Å². The van der Waals surface area contributed by atoms with Crippen molar-refractivity contribution < 1.29 is 4.74 Å². The molecule has 0 aromatic heterocycles. The van der Waals surface area contributed by atoms with Crippen LogP contribution < -0.4 is 10.1 Å². The summed E-state index contributed by atoms with van der Waals surface area (Å²) < 4.78 is 6.13. The normalized spacial score (nSPS) is 14.6. The van der Waals surface area contributed by atoms with Crippen LogP contribution in [0.15, 0.2) is 24.3 Å². The molecule has 0 heterocycles. The number of nitrogens with zero attached hydrogens (tertiary/aromatic N) is 1. The average molecular weight is 335 g/mol. The first-order chi connectivity index (χ1) is 9.25. The van der Waals surface area contributed by atoms with Gasteiger partial charge in [0.2, 0.25) is 0 Å². The lowest BCUT2D eigenvalue weighted by molar-refractivity contribution is 0.207. The van der Waals surface area contributed by atoms with Gasteiger partial charge >= 0.3 is 0 Å². The summed E-state index contributed by atoms with van der Waals surface area (Å²) in [4.78, 5) is 2.19. The fourth-order valence-electron chi connectivity index (χ4n) is 2.48. The first-order valence-corrected chi connectivity index (χ1v) is 7.35. The zero-order valence-electron chi connectivity index (χ0n) is 13.0. The smallest absolute Gasteiger partial charge is 0.124 e. The van der Waals surface area contributed by atoms with Gasteiger partial charge in [-0.05, 0) is 45.8 Å². The maximum absolute atomic E-state index is 6.13. The van der Waals surface area contributed by atoms with Gasteiger partial charge in [0.15, 0.2) is 0 Å². The van der Waals surface area contributed by atoms with E-state index < -0.39 is 0 Å². The number of para-hydroxylation sites is 1. The molecule has 0 spiro atoms. The van der Waals surface area contributed by atoms with Crippen molar-refractivity contribution >= 4 is 24.8 Å². The third-order valence-electron chi connectivity index (χ3n) is 3.62. The second-order valence-electron chi connectivity index (χ2n) is 5.61. The molecule has 21 heavy (non-hydrogen) atoms. The molecule has 2 rings (SSSR count). The summed E-state index contributed by atoms with van der Waals surface area (Å²) in [7, 11) is 4.19. The molecule has 1 aliphatic carbocycles. The first-order valence-electron chi connectivity index (χ1n) is 7.35. The Hall–Kier alpha value is -0.480. The van der Waals surface area contributed by atoms with Crippen molar-refractivity contribution in [2.24, 2.45) is 0 Å². The van der Waals surface area contributed by atoms with Gasteiger partial charge in [-0.2, -0.15) is 0 Å². The molecule has 1 aromatic carbocycles. The Morgan fingerprint density at radius 1 is 1.14 bits per heavy atom. The van der Waals surface area contributed by atoms with Crippen LogP contribution in [0, 0.1) is 0 Å². The van der Waals surface area contributed by atoms with E-state index in [2.05, 4.69) is 48.6 Å². The maximum Gasteiger partial charge on any atom is 0.124 e. The van der Waals surface area contributed by atoms with Crippen molar-refractivity contribution in [1.29, 1.82) is 0 Å². The van der Waals surface area contributed by atoms with Crippen molar-refractivity contribution in [3.05, 3.63) is 29.8 Å². The van der Waals surface area contributed by atoms with E-state index in [1.54, 1.807) is 0 Å². The van der Waals surface area contributed by atoms with E-state index in [0.29, 0.717) is 6.10 Å². The molecular formula is C16H28Cl2N2O. The molecule has 0 atom stereocenters. The molecule has 0 radical (unpaired) electrons. The standard InChI is InChI=1S/C16H26N2O.2ClH/c1-18(2)12-11-17-13-14-7-3-6-10-16(14)19-15-8-4-5-9-15;;/h3,6-7,10,15,17H,4-5,8-9,11-13H2,1-2H3;2*1H. The fourth-order valence-corrected chi connectivity index (χ4v) is 2.48. The molecule has 1 saturated carbocycles. The highest BCUT2D eigenvalue weighted by Crippen LogP contribution is 2.26. The summed E-state index contributed by atoms with van der Waals surface area (Å²) in [6.45, 7) is 2.95. The molecule has 122 valence electrons. The summed E-state index contributed by atoms with van der Waals surface area (Å²) in [5.41, 5.74) is 1.27. The number of rotatable bonds is 7. The van der Waals surface area contributed by atoms with Gasteiger partial charge in [-0.3, -0.25) is 0 Å². The minimum absolute atomic E-state index is 0. The van der Waals surface area contributed by atoms with Gasteiger partial charge in [0, 0.05) is 25.2 Å². The topological polar surface area (TPSA) is 24.5 Å². The number of ether oxygens (including phenoxy) is 1. The van der Waals surface area contributed by atoms with E-state index in [0.717, 1.165) is 25.4 Å². The van der Waals surface area contributed by atoms with Crippen molar-refractivity contribution in [2.45, 2.75) is 38.3 Å². The van der Waals surface area contributed by atoms with E-state index in [-0.39, 0.29) is 24.8 Å². The Kier molecular flexibility index (Phi) is 10.9. The molecule has 1 aliphatic rings. The van der Waals surface area contributed by atoms with Gasteiger partial charge in [0.25, 0.3) is 0 Å². The molecule has 1 fully saturated rings. The van der Waals surface area contributed by atoms with Crippen molar-refractivity contribution in [1.82, 2.24) is 10.2 Å². The van der Waals surface area contributed by atoms with Crippen LogP contribution in [0.3, 0.4) is 0 Å². The summed E-state index contributed by atoms with van der Waals surface area (Å²) in [6, 6.07) is 8.41. The molecular weight excluding hydrogens is 307 g/mol.